The topological polar surface area (TPSA) is 544 Å². The highest BCUT2D eigenvalue weighted by molar-refractivity contribution is 6.01. The molecule has 13 atom stereocenters. The number of hydrogen-bond donors (Lipinski definition) is 17. The zero-order valence-electron chi connectivity index (χ0n) is 50.0. The van der Waals surface area contributed by atoms with Gasteiger partial charge in [0.2, 0.25) is 70.9 Å². The maximum absolute atomic E-state index is 14.3. The molecule has 0 radical (unpaired) electrons. The number of nitrogens with one attached hydrogen (secondary N) is 9. The largest absolute Gasteiger partial charge is 0.481 e. The zero-order chi connectivity index (χ0) is 66.3. The minimum absolute atomic E-state index is 0.000998. The molecule has 0 aromatic heterocycles. The van der Waals surface area contributed by atoms with Gasteiger partial charge in [-0.3, -0.25) is 67.1 Å². The van der Waals surface area contributed by atoms with E-state index in [4.69, 9.17) is 11.5 Å². The van der Waals surface area contributed by atoms with Crippen LogP contribution in [0.3, 0.4) is 0 Å². The van der Waals surface area contributed by atoms with E-state index in [-0.39, 0.29) is 44.7 Å². The van der Waals surface area contributed by atoms with Crippen LogP contribution in [0.1, 0.15) is 113 Å². The van der Waals surface area contributed by atoms with Crippen LogP contribution in [-0.4, -0.2) is 235 Å². The van der Waals surface area contributed by atoms with Crippen molar-refractivity contribution in [2.75, 3.05) is 32.9 Å². The van der Waals surface area contributed by atoms with Crippen LogP contribution in [-0.2, 0) is 71.9 Å². The summed E-state index contributed by atoms with van der Waals surface area (Å²) in [5, 5.41) is 79.6. The van der Waals surface area contributed by atoms with Crippen LogP contribution in [0.15, 0.2) is 0 Å². The van der Waals surface area contributed by atoms with Gasteiger partial charge in [-0.15, -0.1) is 0 Å². The van der Waals surface area contributed by atoms with E-state index in [9.17, 15) is 103 Å². The highest BCUT2D eigenvalue weighted by Gasteiger charge is 2.44. The van der Waals surface area contributed by atoms with Crippen LogP contribution >= 0.6 is 0 Å². The van der Waals surface area contributed by atoms with Crippen LogP contribution < -0.4 is 59.3 Å². The van der Waals surface area contributed by atoms with Gasteiger partial charge in [0.25, 0.3) is 0 Å². The Hall–Kier alpha value is -8.11. The fraction of sp³-hybridized carbons (Fsp3) is 0.717. The number of primary amides is 1. The first kappa shape index (κ1) is 75.0. The van der Waals surface area contributed by atoms with Crippen molar-refractivity contribution in [2.24, 2.45) is 35.1 Å². The summed E-state index contributed by atoms with van der Waals surface area (Å²) < 4.78 is 0. The second-order valence-corrected chi connectivity index (χ2v) is 22.4. The third kappa shape index (κ3) is 22.6. The number of hydrogen-bond acceptors (Lipinski definition) is 19. The molecule has 13 unspecified atom stereocenters. The first-order valence-electron chi connectivity index (χ1n) is 28.5. The number of carbonyl (C=O) groups is 15. The Morgan fingerprint density at radius 3 is 1.28 bits per heavy atom. The second-order valence-electron chi connectivity index (χ2n) is 22.4. The minimum atomic E-state index is -1.99. The molecule has 0 aromatic carbocycles. The summed E-state index contributed by atoms with van der Waals surface area (Å²) in [6, 6.07) is -19.0. The lowest BCUT2D eigenvalue weighted by molar-refractivity contribution is -0.148. The van der Waals surface area contributed by atoms with Gasteiger partial charge < -0.3 is 99.8 Å². The van der Waals surface area contributed by atoms with Gasteiger partial charge in [-0.25, -0.2) is 4.79 Å². The van der Waals surface area contributed by atoms with Crippen molar-refractivity contribution < 1.29 is 103 Å². The van der Waals surface area contributed by atoms with E-state index in [0.717, 1.165) is 4.90 Å². The van der Waals surface area contributed by atoms with Gasteiger partial charge in [0, 0.05) is 19.5 Å². The van der Waals surface area contributed by atoms with E-state index < -0.39 is 225 Å². The van der Waals surface area contributed by atoms with Gasteiger partial charge in [-0.1, -0.05) is 61.8 Å². The maximum Gasteiger partial charge on any atom is 0.326 e. The average Bonchev–Trinajstić information content (AvgIpc) is 2.52. The molecule has 2 fully saturated rings. The molecule has 0 aliphatic carbocycles. The van der Waals surface area contributed by atoms with E-state index in [1.54, 1.807) is 48.5 Å². The molecule has 0 saturated carbocycles. The van der Waals surface area contributed by atoms with Gasteiger partial charge in [-0.2, -0.15) is 0 Å². The van der Waals surface area contributed by atoms with E-state index in [1.807, 2.05) is 0 Å². The molecule has 19 N–H and O–H groups in total. The van der Waals surface area contributed by atoms with Gasteiger partial charge >= 0.3 is 17.9 Å². The van der Waals surface area contributed by atoms with Crippen molar-refractivity contribution in [3.05, 3.63) is 0 Å². The Bertz CT molecular complexity index is 2520. The predicted molar refractivity (Wildman–Crippen MR) is 301 cm³/mol. The van der Waals surface area contributed by atoms with Crippen LogP contribution in [0.2, 0.25) is 0 Å². The van der Waals surface area contributed by atoms with Gasteiger partial charge in [0.15, 0.2) is 0 Å². The monoisotopic (exact) mass is 1240 g/mol. The summed E-state index contributed by atoms with van der Waals surface area (Å²) in [6.45, 7) is 9.30. The van der Waals surface area contributed by atoms with Crippen molar-refractivity contribution in [3.8, 4) is 0 Å². The average molecular weight is 1240 g/mol. The number of carboxylic acid groups (broad SMARTS) is 3. The van der Waals surface area contributed by atoms with Crippen molar-refractivity contribution in [2.45, 2.75) is 186 Å². The normalized spacial score (nSPS) is 18.6. The summed E-state index contributed by atoms with van der Waals surface area (Å²) in [6.07, 6.45) is -2.70. The Morgan fingerprint density at radius 1 is 0.460 bits per heavy atom. The highest BCUT2D eigenvalue weighted by Crippen LogP contribution is 2.24. The lowest BCUT2D eigenvalue weighted by Crippen LogP contribution is -2.62. The summed E-state index contributed by atoms with van der Waals surface area (Å²) in [5.74, 6) is -19.6. The quantitative estimate of drug-likeness (QED) is 0.0277. The number of aliphatic hydroxyl groups is 3. The van der Waals surface area contributed by atoms with Crippen LogP contribution in [0.4, 0.5) is 0 Å². The summed E-state index contributed by atoms with van der Waals surface area (Å²) in [5.41, 5.74) is 11.1. The molecule has 2 aliphatic heterocycles. The molecular weight excluding hydrogens is 1150 g/mol. The Balaban J connectivity index is 2.34. The molecular formula is C53H87N13O21. The molecule has 490 valence electrons. The highest BCUT2D eigenvalue weighted by atomic mass is 16.4. The summed E-state index contributed by atoms with van der Waals surface area (Å²) in [4.78, 5) is 200. The smallest absolute Gasteiger partial charge is 0.326 e. The molecule has 12 amide bonds. The van der Waals surface area contributed by atoms with E-state index in [0.29, 0.717) is 6.42 Å². The van der Waals surface area contributed by atoms with Gasteiger partial charge in [-0.05, 0) is 55.8 Å². The van der Waals surface area contributed by atoms with E-state index in [1.165, 1.54) is 11.8 Å². The number of amides is 12. The number of carboxylic acids is 3. The minimum Gasteiger partial charge on any atom is -0.481 e. The first-order chi connectivity index (χ1) is 40.6. The molecule has 34 heteroatoms. The maximum atomic E-state index is 14.3. The predicted octanol–water partition coefficient (Wildman–Crippen LogP) is -7.05. The molecule has 2 saturated heterocycles. The SMILES string of the molecule is CCC(C)C(NC(=O)C(CC(N)=O)NC(=O)C(CO)NC(=O)C(CO)NC(=O)C(N)C(C)C)C(=O)NC(CO)C(=O)NC(CCC(=O)O)C(=O)NC(CC(=O)O)C(=O)N1CCCC1C(=O)NC(C(=O)N1CCCC1C(=O)NC(C(=O)O)C(C)C)C(C)C. The fourth-order valence-electron chi connectivity index (χ4n) is 9.29. The van der Waals surface area contributed by atoms with E-state index >= 15 is 0 Å². The molecule has 2 heterocycles. The lowest BCUT2D eigenvalue weighted by atomic mass is 9.97. The third-order valence-corrected chi connectivity index (χ3v) is 14.7. The van der Waals surface area contributed by atoms with E-state index in [2.05, 4.69) is 47.9 Å². The van der Waals surface area contributed by atoms with Crippen LogP contribution in [0, 0.1) is 23.7 Å². The lowest BCUT2D eigenvalue weighted by Gasteiger charge is -2.33. The molecule has 34 nitrogen and oxygen atoms in total. The van der Waals surface area contributed by atoms with Crippen LogP contribution in [0.5, 0.6) is 0 Å². The number of likely N-dealkylation sites (tertiary alicyclic amines) is 2. The molecule has 2 aliphatic rings. The fourth-order valence-corrected chi connectivity index (χ4v) is 9.29. The summed E-state index contributed by atoms with van der Waals surface area (Å²) in [7, 11) is 0. The number of aliphatic carboxylic acids is 3. The molecule has 0 bridgehead atoms. The second kappa shape index (κ2) is 35.5. The van der Waals surface area contributed by atoms with Crippen molar-refractivity contribution in [1.82, 2.24) is 57.7 Å². The molecule has 0 spiro atoms. The van der Waals surface area contributed by atoms with Crippen LogP contribution in [0.25, 0.3) is 0 Å². The number of carbonyl (C=O) groups excluding carboxylic acids is 12. The van der Waals surface area contributed by atoms with Gasteiger partial charge in [0.05, 0.1) is 38.7 Å². The number of nitrogens with zero attached hydrogens (tertiary/aromatic N) is 2. The Morgan fingerprint density at radius 2 is 0.862 bits per heavy atom. The number of aliphatic hydroxyl groups excluding tert-OH is 3. The molecule has 87 heavy (non-hydrogen) atoms. The number of rotatable bonds is 36. The third-order valence-electron chi connectivity index (χ3n) is 14.7. The Labute approximate surface area is 501 Å². The number of nitrogens with two attached hydrogens (primary N) is 2. The van der Waals surface area contributed by atoms with Gasteiger partial charge in [0.1, 0.15) is 66.5 Å². The summed E-state index contributed by atoms with van der Waals surface area (Å²) >= 11 is 0. The molecule has 0 aromatic rings. The Kier molecular flexibility index (Phi) is 30.6. The standard InChI is InChI=1S/C53H87N13O21/c1-9-26(8)41(64-43(76)28(18-35(54)70)57-45(78)30(20-67)59-46(79)31(21-68)60-49(82)38(55)23(2)3)50(83)61-32(22-69)44(77)56-27(14-15-36(71)72)42(75)58-29(19-37(73)74)51(84)65-16-10-12-33(65)47(80)62-39(24(4)5)52(85)66-17-11-13-34(66)48(81)63-40(25(6)7)53(86)87/h23-34,38-41,67-69H,9-22,55H2,1-8H3,(H2,54,70)(H,56,77)(H,57,78)(H,58,75)(H,59,79)(H,60,82)(H,61,83)(H,62,80)(H,63,81)(H,64,76)(H,71,72)(H,73,74)(H,86,87). The van der Waals surface area contributed by atoms with Crippen molar-refractivity contribution in [1.29, 1.82) is 0 Å². The van der Waals surface area contributed by atoms with Crippen molar-refractivity contribution >= 4 is 88.8 Å². The zero-order valence-corrected chi connectivity index (χ0v) is 50.0. The first-order valence-corrected chi connectivity index (χ1v) is 28.5. The molecule has 2 rings (SSSR count). The van der Waals surface area contributed by atoms with Crippen molar-refractivity contribution in [3.63, 3.8) is 0 Å².